The standard InChI is InChI=1S/C12H23NO2/c1-5-9-6-7-13-10(8-9)11(14)15-12(2,3)4/h9-10,13H,5-8H2,1-4H3/t9-,10+/m1/s1. The summed E-state index contributed by atoms with van der Waals surface area (Å²) in [5.41, 5.74) is -0.377. The molecule has 0 spiro atoms. The van der Waals surface area contributed by atoms with Gasteiger partial charge in [-0.25, -0.2) is 0 Å². The lowest BCUT2D eigenvalue weighted by Crippen LogP contribution is -2.46. The summed E-state index contributed by atoms with van der Waals surface area (Å²) >= 11 is 0. The van der Waals surface area contributed by atoms with Crippen molar-refractivity contribution in [3.05, 3.63) is 0 Å². The molecule has 1 fully saturated rings. The molecular weight excluding hydrogens is 190 g/mol. The molecule has 1 rings (SSSR count). The Bertz CT molecular complexity index is 220. The first-order valence-electron chi connectivity index (χ1n) is 5.88. The minimum atomic E-state index is -0.377. The van der Waals surface area contributed by atoms with Crippen LogP contribution in [0.15, 0.2) is 0 Å². The fraction of sp³-hybridized carbons (Fsp3) is 0.917. The summed E-state index contributed by atoms with van der Waals surface area (Å²) < 4.78 is 5.37. The highest BCUT2D eigenvalue weighted by Crippen LogP contribution is 2.21. The number of hydrogen-bond acceptors (Lipinski definition) is 3. The minimum Gasteiger partial charge on any atom is -0.459 e. The molecular formula is C12H23NO2. The maximum Gasteiger partial charge on any atom is 0.323 e. The molecule has 0 saturated carbocycles. The number of ether oxygens (including phenoxy) is 1. The number of nitrogens with one attached hydrogen (secondary N) is 1. The van der Waals surface area contributed by atoms with Crippen molar-refractivity contribution in [3.8, 4) is 0 Å². The molecule has 3 heteroatoms. The van der Waals surface area contributed by atoms with Crippen LogP contribution in [0.1, 0.15) is 47.0 Å². The molecule has 0 unspecified atom stereocenters. The molecule has 3 nitrogen and oxygen atoms in total. The fourth-order valence-corrected chi connectivity index (χ4v) is 1.92. The topological polar surface area (TPSA) is 38.3 Å². The van der Waals surface area contributed by atoms with Crippen molar-refractivity contribution >= 4 is 5.97 Å². The summed E-state index contributed by atoms with van der Waals surface area (Å²) in [7, 11) is 0. The Hall–Kier alpha value is -0.570. The highest BCUT2D eigenvalue weighted by atomic mass is 16.6. The first kappa shape index (κ1) is 12.5. The molecule has 1 aliphatic heterocycles. The molecule has 0 bridgehead atoms. The number of hydrogen-bond donors (Lipinski definition) is 1. The quantitative estimate of drug-likeness (QED) is 0.714. The first-order chi connectivity index (χ1) is 6.92. The number of esters is 1. The molecule has 0 aromatic rings. The molecule has 0 radical (unpaired) electrons. The van der Waals surface area contributed by atoms with Crippen LogP contribution in [0.3, 0.4) is 0 Å². The van der Waals surface area contributed by atoms with Gasteiger partial charge in [0.05, 0.1) is 0 Å². The van der Waals surface area contributed by atoms with Crippen LogP contribution in [-0.2, 0) is 9.53 Å². The number of rotatable bonds is 2. The van der Waals surface area contributed by atoms with Gasteiger partial charge in [0.25, 0.3) is 0 Å². The van der Waals surface area contributed by atoms with Gasteiger partial charge < -0.3 is 10.1 Å². The minimum absolute atomic E-state index is 0.0945. The molecule has 1 heterocycles. The zero-order valence-electron chi connectivity index (χ0n) is 10.3. The first-order valence-corrected chi connectivity index (χ1v) is 5.88. The predicted molar refractivity (Wildman–Crippen MR) is 60.7 cm³/mol. The predicted octanol–water partition coefficient (Wildman–Crippen LogP) is 2.11. The van der Waals surface area contributed by atoms with Gasteiger partial charge >= 0.3 is 5.97 Å². The Morgan fingerprint density at radius 2 is 2.13 bits per heavy atom. The molecule has 0 aliphatic carbocycles. The molecule has 0 amide bonds. The highest BCUT2D eigenvalue weighted by Gasteiger charge is 2.29. The molecule has 0 aromatic carbocycles. The van der Waals surface area contributed by atoms with Gasteiger partial charge in [-0.3, -0.25) is 4.79 Å². The maximum absolute atomic E-state index is 11.8. The molecule has 0 aromatic heterocycles. The van der Waals surface area contributed by atoms with Gasteiger partial charge in [-0.2, -0.15) is 0 Å². The van der Waals surface area contributed by atoms with Gasteiger partial charge in [-0.05, 0) is 46.1 Å². The van der Waals surface area contributed by atoms with E-state index in [1.165, 1.54) is 6.42 Å². The van der Waals surface area contributed by atoms with Crippen molar-refractivity contribution in [3.63, 3.8) is 0 Å². The third-order valence-electron chi connectivity index (χ3n) is 2.78. The van der Waals surface area contributed by atoms with Gasteiger partial charge in [0.15, 0.2) is 0 Å². The Labute approximate surface area is 92.6 Å². The van der Waals surface area contributed by atoms with Crippen molar-refractivity contribution in [2.75, 3.05) is 6.54 Å². The molecule has 88 valence electrons. The maximum atomic E-state index is 11.8. The van der Waals surface area contributed by atoms with Crippen LogP contribution in [0, 0.1) is 5.92 Å². The smallest absolute Gasteiger partial charge is 0.323 e. The molecule has 1 saturated heterocycles. The monoisotopic (exact) mass is 213 g/mol. The summed E-state index contributed by atoms with van der Waals surface area (Å²) in [4.78, 5) is 11.8. The Morgan fingerprint density at radius 3 is 2.67 bits per heavy atom. The van der Waals surface area contributed by atoms with Crippen LogP contribution in [-0.4, -0.2) is 24.2 Å². The Kier molecular flexibility index (Phi) is 4.14. The second-order valence-electron chi connectivity index (χ2n) is 5.34. The summed E-state index contributed by atoms with van der Waals surface area (Å²) in [6.45, 7) is 8.84. The third kappa shape index (κ3) is 4.20. The van der Waals surface area contributed by atoms with Crippen LogP contribution in [0.4, 0.5) is 0 Å². The van der Waals surface area contributed by atoms with E-state index in [2.05, 4.69) is 12.2 Å². The number of piperidine rings is 1. The van der Waals surface area contributed by atoms with E-state index in [4.69, 9.17) is 4.74 Å². The molecule has 1 N–H and O–H groups in total. The van der Waals surface area contributed by atoms with E-state index in [9.17, 15) is 4.79 Å². The van der Waals surface area contributed by atoms with E-state index < -0.39 is 0 Å². The van der Waals surface area contributed by atoms with Crippen LogP contribution in [0.25, 0.3) is 0 Å². The van der Waals surface area contributed by atoms with E-state index in [-0.39, 0.29) is 17.6 Å². The molecule has 15 heavy (non-hydrogen) atoms. The van der Waals surface area contributed by atoms with Crippen molar-refractivity contribution in [1.82, 2.24) is 5.32 Å². The average Bonchev–Trinajstić information content (AvgIpc) is 2.15. The number of carbonyl (C=O) groups is 1. The second kappa shape index (κ2) is 4.97. The largest absolute Gasteiger partial charge is 0.459 e. The van der Waals surface area contributed by atoms with Crippen molar-refractivity contribution < 1.29 is 9.53 Å². The SMILES string of the molecule is CC[C@@H]1CCN[C@H](C(=O)OC(C)(C)C)C1. The molecule has 2 atom stereocenters. The van der Waals surface area contributed by atoms with Gasteiger partial charge in [0.2, 0.25) is 0 Å². The van der Waals surface area contributed by atoms with Crippen molar-refractivity contribution in [2.45, 2.75) is 58.6 Å². The van der Waals surface area contributed by atoms with Crippen LogP contribution in [0.2, 0.25) is 0 Å². The van der Waals surface area contributed by atoms with Gasteiger partial charge in [-0.1, -0.05) is 13.3 Å². The van der Waals surface area contributed by atoms with E-state index in [0.29, 0.717) is 5.92 Å². The van der Waals surface area contributed by atoms with Gasteiger partial charge in [0, 0.05) is 0 Å². The highest BCUT2D eigenvalue weighted by molar-refractivity contribution is 5.76. The summed E-state index contributed by atoms with van der Waals surface area (Å²) in [6, 6.07) is -0.0945. The summed E-state index contributed by atoms with van der Waals surface area (Å²) in [5, 5.41) is 3.23. The Balaban J connectivity index is 2.45. The third-order valence-corrected chi connectivity index (χ3v) is 2.78. The van der Waals surface area contributed by atoms with Crippen LogP contribution < -0.4 is 5.32 Å². The average molecular weight is 213 g/mol. The lowest BCUT2D eigenvalue weighted by atomic mass is 9.90. The lowest BCUT2D eigenvalue weighted by Gasteiger charge is -2.30. The zero-order chi connectivity index (χ0) is 11.5. The normalized spacial score (nSPS) is 27.5. The van der Waals surface area contributed by atoms with Crippen molar-refractivity contribution in [2.24, 2.45) is 5.92 Å². The molecule has 1 aliphatic rings. The van der Waals surface area contributed by atoms with E-state index in [1.54, 1.807) is 0 Å². The van der Waals surface area contributed by atoms with E-state index in [1.807, 2.05) is 20.8 Å². The lowest BCUT2D eigenvalue weighted by molar-refractivity contribution is -0.158. The summed E-state index contributed by atoms with van der Waals surface area (Å²) in [5.74, 6) is 0.574. The summed E-state index contributed by atoms with van der Waals surface area (Å²) in [6.07, 6.45) is 3.25. The fourth-order valence-electron chi connectivity index (χ4n) is 1.92. The number of carbonyl (C=O) groups excluding carboxylic acids is 1. The zero-order valence-corrected chi connectivity index (χ0v) is 10.3. The second-order valence-corrected chi connectivity index (χ2v) is 5.34. The van der Waals surface area contributed by atoms with Gasteiger partial charge in [-0.15, -0.1) is 0 Å². The van der Waals surface area contributed by atoms with Crippen LogP contribution >= 0.6 is 0 Å². The van der Waals surface area contributed by atoms with Gasteiger partial charge in [0.1, 0.15) is 11.6 Å². The van der Waals surface area contributed by atoms with Crippen LogP contribution in [0.5, 0.6) is 0 Å². The van der Waals surface area contributed by atoms with Crippen molar-refractivity contribution in [1.29, 1.82) is 0 Å². The van der Waals surface area contributed by atoms with E-state index in [0.717, 1.165) is 19.4 Å². The Morgan fingerprint density at radius 1 is 1.47 bits per heavy atom. The van der Waals surface area contributed by atoms with E-state index >= 15 is 0 Å².